The normalized spacial score (nSPS) is 17.9. The molecular weight excluding hydrogens is 413 g/mol. The molecule has 8 nitrogen and oxygen atoms in total. The zero-order chi connectivity index (χ0) is 21.7. The van der Waals surface area contributed by atoms with Crippen LogP contribution in [0, 0.1) is 11.9 Å². The van der Waals surface area contributed by atoms with Crippen molar-refractivity contribution in [1.29, 1.82) is 0 Å². The molecule has 0 radical (unpaired) electrons. The minimum Gasteiger partial charge on any atom is -0.488 e. The summed E-state index contributed by atoms with van der Waals surface area (Å²) in [5.41, 5.74) is 0.635. The zero-order valence-electron chi connectivity index (χ0n) is 17.1. The SMILES string of the molecule is C[C@@H](CS(=O)(=O)CCCCCN1CC(=O)NC1=O)c1cnc(F)c(OCC2CC2)c1. The summed E-state index contributed by atoms with van der Waals surface area (Å²) in [6, 6.07) is 1.16. The van der Waals surface area contributed by atoms with E-state index in [0.29, 0.717) is 43.9 Å². The van der Waals surface area contributed by atoms with Crippen LogP contribution < -0.4 is 10.1 Å². The predicted molar refractivity (Wildman–Crippen MR) is 108 cm³/mol. The second-order valence-corrected chi connectivity index (χ2v) is 10.4. The number of nitrogens with zero attached hydrogens (tertiary/aromatic N) is 2. The molecule has 1 aliphatic heterocycles. The minimum absolute atomic E-state index is 0.0438. The molecule has 1 N–H and O–H groups in total. The van der Waals surface area contributed by atoms with E-state index in [1.54, 1.807) is 13.0 Å². The average Bonchev–Trinajstić information content (AvgIpc) is 3.44. The lowest BCUT2D eigenvalue weighted by molar-refractivity contribution is -0.118. The minimum atomic E-state index is -3.30. The van der Waals surface area contributed by atoms with Crippen molar-refractivity contribution in [2.45, 2.75) is 44.9 Å². The van der Waals surface area contributed by atoms with Gasteiger partial charge in [0.2, 0.25) is 5.91 Å². The fraction of sp³-hybridized carbons (Fsp3) is 0.650. The topological polar surface area (TPSA) is 106 Å². The first kappa shape index (κ1) is 22.5. The number of urea groups is 1. The first-order chi connectivity index (χ1) is 14.2. The van der Waals surface area contributed by atoms with Gasteiger partial charge in [-0.2, -0.15) is 4.39 Å². The Bertz CT molecular complexity index is 888. The number of unbranched alkanes of at least 4 members (excludes halogenated alkanes) is 2. The Labute approximate surface area is 176 Å². The van der Waals surface area contributed by atoms with Gasteiger partial charge >= 0.3 is 6.03 Å². The first-order valence-corrected chi connectivity index (χ1v) is 12.1. The highest BCUT2D eigenvalue weighted by Crippen LogP contribution is 2.31. The number of pyridine rings is 1. The Kier molecular flexibility index (Phi) is 7.27. The highest BCUT2D eigenvalue weighted by Gasteiger charge is 2.26. The summed E-state index contributed by atoms with van der Waals surface area (Å²) in [4.78, 5) is 27.7. The molecule has 1 saturated carbocycles. The molecule has 1 aromatic rings. The third-order valence-electron chi connectivity index (χ3n) is 5.32. The number of ether oxygens (including phenoxy) is 1. The van der Waals surface area contributed by atoms with Gasteiger partial charge in [-0.25, -0.2) is 18.2 Å². The van der Waals surface area contributed by atoms with Crippen LogP contribution in [0.4, 0.5) is 9.18 Å². The van der Waals surface area contributed by atoms with Crippen molar-refractivity contribution in [2.24, 2.45) is 5.92 Å². The van der Waals surface area contributed by atoms with E-state index >= 15 is 0 Å². The third-order valence-corrected chi connectivity index (χ3v) is 7.24. The number of carbonyl (C=O) groups excluding carboxylic acids is 2. The largest absolute Gasteiger partial charge is 0.488 e. The van der Waals surface area contributed by atoms with Gasteiger partial charge in [0.1, 0.15) is 6.54 Å². The predicted octanol–water partition coefficient (Wildman–Crippen LogP) is 2.25. The van der Waals surface area contributed by atoms with Gasteiger partial charge in [-0.05, 0) is 49.1 Å². The molecule has 2 heterocycles. The number of aromatic nitrogens is 1. The molecule has 1 atom stereocenters. The van der Waals surface area contributed by atoms with Crippen LogP contribution in [0.15, 0.2) is 12.3 Å². The standard InChI is InChI=1S/C20H28FN3O5S/c1-14(16-9-17(19(21)22-10-16)29-12-15-5-6-15)13-30(27,28)8-4-2-3-7-24-11-18(25)23-20(24)26/h9-10,14-15H,2-8,11-13H2,1H3,(H,23,25,26)/t14-/m0/s1. The second-order valence-electron chi connectivity index (χ2n) is 8.16. The Morgan fingerprint density at radius 1 is 1.30 bits per heavy atom. The molecule has 1 saturated heterocycles. The fourth-order valence-corrected chi connectivity index (χ4v) is 5.10. The number of imide groups is 1. The molecule has 30 heavy (non-hydrogen) atoms. The maximum atomic E-state index is 13.8. The number of hydrogen-bond acceptors (Lipinski definition) is 6. The molecular formula is C20H28FN3O5S. The summed E-state index contributed by atoms with van der Waals surface area (Å²) in [5.74, 6) is -0.770. The molecule has 10 heteroatoms. The molecule has 2 aliphatic rings. The van der Waals surface area contributed by atoms with Crippen molar-refractivity contribution >= 4 is 21.8 Å². The van der Waals surface area contributed by atoms with E-state index in [0.717, 1.165) is 12.8 Å². The van der Waals surface area contributed by atoms with Crippen LogP contribution in [-0.4, -0.2) is 61.4 Å². The number of carbonyl (C=O) groups is 2. The molecule has 1 aromatic heterocycles. The monoisotopic (exact) mass is 441 g/mol. The number of sulfone groups is 1. The first-order valence-electron chi connectivity index (χ1n) is 10.3. The van der Waals surface area contributed by atoms with Gasteiger partial charge in [0.15, 0.2) is 15.6 Å². The molecule has 3 amide bonds. The molecule has 2 fully saturated rings. The lowest BCUT2D eigenvalue weighted by Crippen LogP contribution is -2.29. The van der Waals surface area contributed by atoms with Crippen LogP contribution in [0.2, 0.25) is 0 Å². The Hall–Kier alpha value is -2.23. The van der Waals surface area contributed by atoms with E-state index in [1.807, 2.05) is 0 Å². The maximum absolute atomic E-state index is 13.8. The van der Waals surface area contributed by atoms with E-state index in [-0.39, 0.29) is 35.6 Å². The molecule has 0 spiro atoms. The summed E-state index contributed by atoms with van der Waals surface area (Å²) in [7, 11) is -3.30. The average molecular weight is 442 g/mol. The van der Waals surface area contributed by atoms with E-state index in [1.165, 1.54) is 11.1 Å². The zero-order valence-corrected chi connectivity index (χ0v) is 17.9. The fourth-order valence-electron chi connectivity index (χ4n) is 3.33. The van der Waals surface area contributed by atoms with E-state index in [4.69, 9.17) is 4.74 Å². The molecule has 3 rings (SSSR count). The van der Waals surface area contributed by atoms with Gasteiger partial charge in [-0.1, -0.05) is 13.3 Å². The summed E-state index contributed by atoms with van der Waals surface area (Å²) >= 11 is 0. The van der Waals surface area contributed by atoms with Crippen molar-refractivity contribution in [1.82, 2.24) is 15.2 Å². The van der Waals surface area contributed by atoms with Crippen LogP contribution >= 0.6 is 0 Å². The summed E-state index contributed by atoms with van der Waals surface area (Å²) in [5, 5.41) is 2.21. The van der Waals surface area contributed by atoms with Crippen molar-refractivity contribution in [3.63, 3.8) is 0 Å². The number of halogens is 1. The smallest absolute Gasteiger partial charge is 0.324 e. The van der Waals surface area contributed by atoms with Crippen molar-refractivity contribution in [3.8, 4) is 5.75 Å². The summed E-state index contributed by atoms with van der Waals surface area (Å²) in [6.45, 7) is 2.73. The van der Waals surface area contributed by atoms with E-state index in [2.05, 4.69) is 10.3 Å². The third kappa shape index (κ3) is 6.65. The van der Waals surface area contributed by atoms with Gasteiger partial charge < -0.3 is 9.64 Å². The molecule has 0 unspecified atom stereocenters. The summed E-state index contributed by atoms with van der Waals surface area (Å²) in [6.07, 6.45) is 5.30. The van der Waals surface area contributed by atoms with Crippen LogP contribution in [-0.2, 0) is 14.6 Å². The van der Waals surface area contributed by atoms with E-state index in [9.17, 15) is 22.4 Å². The number of nitrogens with one attached hydrogen (secondary N) is 1. The molecule has 166 valence electrons. The number of rotatable bonds is 12. The van der Waals surface area contributed by atoms with Crippen LogP contribution in [0.1, 0.15) is 50.5 Å². The van der Waals surface area contributed by atoms with Gasteiger partial charge in [-0.15, -0.1) is 0 Å². The second kappa shape index (κ2) is 9.72. The van der Waals surface area contributed by atoms with Gasteiger partial charge in [-0.3, -0.25) is 10.1 Å². The van der Waals surface area contributed by atoms with Gasteiger partial charge in [0, 0.05) is 12.7 Å². The summed E-state index contributed by atoms with van der Waals surface area (Å²) < 4.78 is 44.2. The lowest BCUT2D eigenvalue weighted by atomic mass is 10.1. The van der Waals surface area contributed by atoms with Crippen LogP contribution in [0.5, 0.6) is 5.75 Å². The Morgan fingerprint density at radius 3 is 2.73 bits per heavy atom. The lowest BCUT2D eigenvalue weighted by Gasteiger charge is -2.15. The Balaban J connectivity index is 1.42. The molecule has 0 aromatic carbocycles. The molecule has 0 bridgehead atoms. The maximum Gasteiger partial charge on any atom is 0.324 e. The van der Waals surface area contributed by atoms with Crippen molar-refractivity contribution in [2.75, 3.05) is 31.2 Å². The van der Waals surface area contributed by atoms with Gasteiger partial charge in [0.25, 0.3) is 5.95 Å². The van der Waals surface area contributed by atoms with Gasteiger partial charge in [0.05, 0.1) is 18.1 Å². The number of hydrogen-bond donors (Lipinski definition) is 1. The highest BCUT2D eigenvalue weighted by atomic mass is 32.2. The van der Waals surface area contributed by atoms with Crippen molar-refractivity contribution in [3.05, 3.63) is 23.8 Å². The van der Waals surface area contributed by atoms with Crippen LogP contribution in [0.3, 0.4) is 0 Å². The van der Waals surface area contributed by atoms with E-state index < -0.39 is 21.8 Å². The molecule has 1 aliphatic carbocycles. The highest BCUT2D eigenvalue weighted by molar-refractivity contribution is 7.91. The van der Waals surface area contributed by atoms with Crippen LogP contribution in [0.25, 0.3) is 0 Å². The van der Waals surface area contributed by atoms with Crippen molar-refractivity contribution < 1.29 is 27.1 Å². The quantitative estimate of drug-likeness (QED) is 0.303. The Morgan fingerprint density at radius 2 is 2.07 bits per heavy atom. The number of amides is 3.